The van der Waals surface area contributed by atoms with E-state index < -0.39 is 15.9 Å². The van der Waals surface area contributed by atoms with Gasteiger partial charge in [0.1, 0.15) is 18.2 Å². The van der Waals surface area contributed by atoms with Gasteiger partial charge in [-0.25, -0.2) is 13.4 Å². The minimum atomic E-state index is -3.53. The number of carbonyl (C=O) groups is 1. The van der Waals surface area contributed by atoms with Crippen LogP contribution >= 0.6 is 0 Å². The summed E-state index contributed by atoms with van der Waals surface area (Å²) in [6.07, 6.45) is 3.74. The molecule has 0 fully saturated rings. The van der Waals surface area contributed by atoms with E-state index in [0.717, 1.165) is 6.26 Å². The van der Waals surface area contributed by atoms with Gasteiger partial charge in [0.15, 0.2) is 9.84 Å². The molecule has 1 aromatic carbocycles. The number of carbonyl (C=O) groups excluding carboxylic acids is 1. The van der Waals surface area contributed by atoms with Crippen molar-refractivity contribution in [3.8, 4) is 17.0 Å². The largest absolute Gasteiger partial charge is 0.491 e. The summed E-state index contributed by atoms with van der Waals surface area (Å²) in [6, 6.07) is 7.94. The Morgan fingerprint density at radius 1 is 1.28 bits per heavy atom. The molecule has 3 N–H and O–H groups in total. The zero-order valence-corrected chi connectivity index (χ0v) is 19.0. The van der Waals surface area contributed by atoms with Gasteiger partial charge in [-0.15, -0.1) is 0 Å². The number of rotatable bonds is 8. The molecule has 32 heavy (non-hydrogen) atoms. The maximum atomic E-state index is 12.2. The first-order valence-electron chi connectivity index (χ1n) is 9.72. The number of sulfone groups is 1. The van der Waals surface area contributed by atoms with Crippen molar-refractivity contribution in [1.82, 2.24) is 14.8 Å². The Morgan fingerprint density at radius 2 is 2.03 bits per heavy atom. The van der Waals surface area contributed by atoms with Crippen molar-refractivity contribution in [3.63, 3.8) is 0 Å². The molecule has 3 aromatic rings. The van der Waals surface area contributed by atoms with Gasteiger partial charge in [0, 0.05) is 56.0 Å². The van der Waals surface area contributed by atoms with Crippen LogP contribution in [0, 0.1) is 0 Å². The minimum absolute atomic E-state index is 0.00772. The lowest BCUT2D eigenvalue weighted by Gasteiger charge is -2.15. The van der Waals surface area contributed by atoms with E-state index in [0.29, 0.717) is 28.5 Å². The Balaban J connectivity index is 2.07. The first kappa shape index (κ1) is 23.2. The van der Waals surface area contributed by atoms with Crippen LogP contribution in [0.2, 0.25) is 0 Å². The predicted octanol–water partition coefficient (Wildman–Crippen LogP) is 2.35. The SMILES string of the molecule is CC(=O)Nc1cc(Nc2cc(OCC(C)O)cc(S(C)(=O)=O)c2)c(-c2ccn(C)n2)cn1. The number of nitrogens with zero attached hydrogens (tertiary/aromatic N) is 3. The summed E-state index contributed by atoms with van der Waals surface area (Å²) in [6.45, 7) is 2.95. The van der Waals surface area contributed by atoms with Crippen LogP contribution in [-0.2, 0) is 21.7 Å². The molecular formula is C21H25N5O5S. The van der Waals surface area contributed by atoms with E-state index >= 15 is 0 Å². The topological polar surface area (TPSA) is 135 Å². The molecule has 10 nitrogen and oxygen atoms in total. The number of aliphatic hydroxyl groups excluding tert-OH is 1. The molecule has 2 heterocycles. The monoisotopic (exact) mass is 459 g/mol. The van der Waals surface area contributed by atoms with Gasteiger partial charge < -0.3 is 20.5 Å². The van der Waals surface area contributed by atoms with Gasteiger partial charge in [-0.1, -0.05) is 0 Å². The number of aryl methyl sites for hydroxylation is 1. The van der Waals surface area contributed by atoms with Crippen molar-refractivity contribution in [2.45, 2.75) is 24.8 Å². The van der Waals surface area contributed by atoms with Crippen LogP contribution in [0.1, 0.15) is 13.8 Å². The maximum absolute atomic E-state index is 12.2. The fraction of sp³-hybridized carbons (Fsp3) is 0.286. The molecule has 3 rings (SSSR count). The van der Waals surface area contributed by atoms with Gasteiger partial charge >= 0.3 is 0 Å². The number of amides is 1. The van der Waals surface area contributed by atoms with Crippen molar-refractivity contribution < 1.29 is 23.1 Å². The molecule has 0 bridgehead atoms. The first-order valence-corrected chi connectivity index (χ1v) is 11.6. The van der Waals surface area contributed by atoms with Gasteiger partial charge in [-0.3, -0.25) is 9.48 Å². The molecule has 0 aliphatic heterocycles. The highest BCUT2D eigenvalue weighted by Gasteiger charge is 2.15. The molecule has 2 aromatic heterocycles. The molecular weight excluding hydrogens is 434 g/mol. The second-order valence-corrected chi connectivity index (χ2v) is 9.44. The second kappa shape index (κ2) is 9.37. The first-order chi connectivity index (χ1) is 15.0. The lowest BCUT2D eigenvalue weighted by Crippen LogP contribution is -2.13. The minimum Gasteiger partial charge on any atom is -0.491 e. The Hall–Kier alpha value is -3.44. The molecule has 0 aliphatic carbocycles. The van der Waals surface area contributed by atoms with Gasteiger partial charge in [-0.2, -0.15) is 5.10 Å². The predicted molar refractivity (Wildman–Crippen MR) is 121 cm³/mol. The highest BCUT2D eigenvalue weighted by Crippen LogP contribution is 2.33. The molecule has 1 atom stereocenters. The van der Waals surface area contributed by atoms with Crippen LogP contribution in [0.4, 0.5) is 17.2 Å². The molecule has 1 unspecified atom stereocenters. The van der Waals surface area contributed by atoms with Crippen molar-refractivity contribution in [1.29, 1.82) is 0 Å². The van der Waals surface area contributed by atoms with Crippen molar-refractivity contribution in [2.75, 3.05) is 23.5 Å². The summed E-state index contributed by atoms with van der Waals surface area (Å²) in [5.74, 6) is 0.332. The van der Waals surface area contributed by atoms with Crippen LogP contribution in [-0.4, -0.2) is 53.2 Å². The van der Waals surface area contributed by atoms with E-state index in [1.54, 1.807) is 43.2 Å². The van der Waals surface area contributed by atoms with E-state index in [1.165, 1.54) is 19.1 Å². The highest BCUT2D eigenvalue weighted by atomic mass is 32.2. The quantitative estimate of drug-likeness (QED) is 0.467. The summed E-state index contributed by atoms with van der Waals surface area (Å²) in [5.41, 5.74) is 2.28. The lowest BCUT2D eigenvalue weighted by atomic mass is 10.1. The number of aromatic nitrogens is 3. The van der Waals surface area contributed by atoms with Gasteiger partial charge in [0.05, 0.1) is 22.4 Å². The molecule has 0 saturated heterocycles. The molecule has 1 amide bonds. The smallest absolute Gasteiger partial charge is 0.222 e. The van der Waals surface area contributed by atoms with Crippen molar-refractivity contribution >= 4 is 32.9 Å². The van der Waals surface area contributed by atoms with Crippen LogP contribution in [0.3, 0.4) is 0 Å². The van der Waals surface area contributed by atoms with E-state index in [2.05, 4.69) is 20.7 Å². The fourth-order valence-corrected chi connectivity index (χ4v) is 3.56. The maximum Gasteiger partial charge on any atom is 0.222 e. The number of hydrogen-bond donors (Lipinski definition) is 3. The van der Waals surface area contributed by atoms with Crippen LogP contribution in [0.15, 0.2) is 47.6 Å². The Kier molecular flexibility index (Phi) is 6.80. The number of aliphatic hydroxyl groups is 1. The number of benzene rings is 1. The molecule has 170 valence electrons. The third-order valence-corrected chi connectivity index (χ3v) is 5.37. The third kappa shape index (κ3) is 6.05. The summed E-state index contributed by atoms with van der Waals surface area (Å²) >= 11 is 0. The average molecular weight is 460 g/mol. The normalized spacial score (nSPS) is 12.3. The molecule has 0 radical (unpaired) electrons. The summed E-state index contributed by atoms with van der Waals surface area (Å²) in [5, 5.41) is 19.7. The summed E-state index contributed by atoms with van der Waals surface area (Å²) in [7, 11) is -1.74. The third-order valence-electron chi connectivity index (χ3n) is 4.28. The Morgan fingerprint density at radius 3 is 2.62 bits per heavy atom. The molecule has 0 aliphatic rings. The van der Waals surface area contributed by atoms with Crippen molar-refractivity contribution in [2.24, 2.45) is 7.05 Å². The van der Waals surface area contributed by atoms with Gasteiger partial charge in [0.2, 0.25) is 5.91 Å². The Bertz CT molecular complexity index is 1240. The average Bonchev–Trinajstić information content (AvgIpc) is 3.11. The number of hydrogen-bond acceptors (Lipinski definition) is 8. The highest BCUT2D eigenvalue weighted by molar-refractivity contribution is 7.90. The summed E-state index contributed by atoms with van der Waals surface area (Å²) in [4.78, 5) is 15.8. The number of nitrogens with one attached hydrogen (secondary N) is 2. The van der Waals surface area contributed by atoms with E-state index in [9.17, 15) is 18.3 Å². The van der Waals surface area contributed by atoms with Gasteiger partial charge in [-0.05, 0) is 25.1 Å². The van der Waals surface area contributed by atoms with Crippen LogP contribution in [0.25, 0.3) is 11.3 Å². The van der Waals surface area contributed by atoms with E-state index in [4.69, 9.17) is 4.74 Å². The summed E-state index contributed by atoms with van der Waals surface area (Å²) < 4.78 is 31.6. The zero-order valence-electron chi connectivity index (χ0n) is 18.2. The number of anilines is 3. The molecule has 0 spiro atoms. The van der Waals surface area contributed by atoms with Crippen LogP contribution < -0.4 is 15.4 Å². The van der Waals surface area contributed by atoms with Gasteiger partial charge in [0.25, 0.3) is 0 Å². The standard InChI is InChI=1S/C21H25N5O5S/c1-13(27)12-31-16-7-15(8-17(9-16)32(4,29)30)24-20-10-21(23-14(2)28)22-11-18(20)19-5-6-26(3)25-19/h5-11,13,27H,12H2,1-4H3,(H2,22,23,24,28). The fourth-order valence-electron chi connectivity index (χ4n) is 2.88. The van der Waals surface area contributed by atoms with E-state index in [1.807, 2.05) is 6.07 Å². The lowest BCUT2D eigenvalue weighted by molar-refractivity contribution is -0.114. The van der Waals surface area contributed by atoms with Crippen molar-refractivity contribution in [3.05, 3.63) is 42.7 Å². The number of pyridine rings is 1. The zero-order chi connectivity index (χ0) is 23.5. The molecule has 11 heteroatoms. The van der Waals surface area contributed by atoms with E-state index in [-0.39, 0.29) is 23.2 Å². The number of ether oxygens (including phenoxy) is 1. The van der Waals surface area contributed by atoms with Crippen LogP contribution in [0.5, 0.6) is 5.75 Å². The molecule has 0 saturated carbocycles. The second-order valence-electron chi connectivity index (χ2n) is 7.42. The Labute approximate surface area is 186 Å².